The molecule has 132 valence electrons. The van der Waals surface area contributed by atoms with Gasteiger partial charge in [0.1, 0.15) is 5.78 Å². The van der Waals surface area contributed by atoms with Crippen molar-refractivity contribution in [1.82, 2.24) is 0 Å². The first-order valence-corrected chi connectivity index (χ1v) is 10.0. The van der Waals surface area contributed by atoms with E-state index in [1.165, 1.54) is 19.3 Å². The summed E-state index contributed by atoms with van der Waals surface area (Å²) in [4.78, 5) is 13.7. The van der Waals surface area contributed by atoms with E-state index in [2.05, 4.69) is 12.1 Å². The topological polar surface area (TPSA) is 64.7 Å². The minimum absolute atomic E-state index is 0.139. The van der Waals surface area contributed by atoms with E-state index in [1.807, 2.05) is 30.3 Å². The zero-order valence-corrected chi connectivity index (χ0v) is 15.0. The molecule has 0 spiro atoms. The van der Waals surface area contributed by atoms with Gasteiger partial charge in [-0.3, -0.25) is 4.79 Å². The molecule has 5 fully saturated rings. The lowest BCUT2D eigenvalue weighted by Gasteiger charge is -2.56. The first kappa shape index (κ1) is 16.1. The number of nitrogens with zero attached hydrogens (tertiary/aromatic N) is 2. The smallest absolute Gasteiger partial charge is 0.157 e. The molecule has 3 heteroatoms. The first-order valence-electron chi connectivity index (χ1n) is 10.0. The van der Waals surface area contributed by atoms with Gasteiger partial charge in [0.25, 0.3) is 0 Å². The van der Waals surface area contributed by atoms with Crippen molar-refractivity contribution < 1.29 is 4.79 Å². The highest BCUT2D eigenvalue weighted by Gasteiger charge is 2.72. The molecule has 0 heterocycles. The van der Waals surface area contributed by atoms with Crippen molar-refractivity contribution in [2.75, 3.05) is 0 Å². The van der Waals surface area contributed by atoms with Gasteiger partial charge in [0, 0.05) is 11.3 Å². The van der Waals surface area contributed by atoms with E-state index in [-0.39, 0.29) is 23.0 Å². The predicted octanol–water partition coefficient (Wildman–Crippen LogP) is 4.29. The van der Waals surface area contributed by atoms with Crippen LogP contribution in [0.5, 0.6) is 0 Å². The summed E-state index contributed by atoms with van der Waals surface area (Å²) in [5.74, 6) is 1.86. The van der Waals surface area contributed by atoms with Crippen LogP contribution in [0.25, 0.3) is 0 Å². The molecule has 0 radical (unpaired) electrons. The highest BCUT2D eigenvalue weighted by molar-refractivity contribution is 5.92. The standard InChI is InChI=1S/C23H24N2O/c24-13-23(14-25)19(9-15-4-2-1-3-5-15)20(23)21(26)22-10-16-6-17(11-22)8-18(7-16)12-22/h1-5,16-20H,6-12H2/t16?,17?,18?,19-,20-,22?/m1/s1. The van der Waals surface area contributed by atoms with Crippen molar-refractivity contribution in [2.45, 2.75) is 44.9 Å². The molecule has 0 amide bonds. The number of rotatable bonds is 4. The van der Waals surface area contributed by atoms with Crippen LogP contribution in [0.2, 0.25) is 0 Å². The van der Waals surface area contributed by atoms with E-state index in [4.69, 9.17) is 0 Å². The zero-order valence-electron chi connectivity index (χ0n) is 15.0. The average molecular weight is 344 g/mol. The zero-order chi connectivity index (χ0) is 17.9. The molecule has 3 nitrogen and oxygen atoms in total. The maximum absolute atomic E-state index is 13.7. The van der Waals surface area contributed by atoms with Crippen molar-refractivity contribution in [3.05, 3.63) is 35.9 Å². The van der Waals surface area contributed by atoms with E-state index in [0.717, 1.165) is 24.8 Å². The van der Waals surface area contributed by atoms with Gasteiger partial charge in [0.2, 0.25) is 0 Å². The van der Waals surface area contributed by atoms with Gasteiger partial charge < -0.3 is 0 Å². The van der Waals surface area contributed by atoms with Crippen molar-refractivity contribution in [1.29, 1.82) is 10.5 Å². The van der Waals surface area contributed by atoms with Crippen LogP contribution < -0.4 is 0 Å². The lowest BCUT2D eigenvalue weighted by Crippen LogP contribution is -2.50. The molecule has 5 aliphatic rings. The van der Waals surface area contributed by atoms with Crippen molar-refractivity contribution in [3.63, 3.8) is 0 Å². The Balaban J connectivity index is 1.44. The summed E-state index contributed by atoms with van der Waals surface area (Å²) >= 11 is 0. The number of ketones is 1. The fraction of sp³-hybridized carbons (Fsp3) is 0.609. The van der Waals surface area contributed by atoms with Crippen LogP contribution >= 0.6 is 0 Å². The number of Topliss-reactive ketones (excluding diaryl/α,β-unsaturated/α-hetero) is 1. The summed E-state index contributed by atoms with van der Waals surface area (Å²) in [6.45, 7) is 0. The summed E-state index contributed by atoms with van der Waals surface area (Å²) in [7, 11) is 0. The van der Waals surface area contributed by atoms with Gasteiger partial charge in [-0.1, -0.05) is 30.3 Å². The van der Waals surface area contributed by atoms with Gasteiger partial charge in [-0.2, -0.15) is 10.5 Å². The highest BCUT2D eigenvalue weighted by atomic mass is 16.1. The SMILES string of the molecule is N#CC1(C#N)[C@H](Cc2ccccc2)[C@@H]1C(=O)C12CC3CC(CC(C3)C1)C2. The Hall–Kier alpha value is -2.13. The molecule has 4 bridgehead atoms. The fourth-order valence-corrected chi connectivity index (χ4v) is 7.07. The molecule has 0 N–H and O–H groups in total. The maximum atomic E-state index is 13.7. The van der Waals surface area contributed by atoms with Crippen molar-refractivity contribution in [2.24, 2.45) is 40.4 Å². The van der Waals surface area contributed by atoms with Crippen LogP contribution in [0.4, 0.5) is 0 Å². The Morgan fingerprint density at radius 1 is 0.962 bits per heavy atom. The van der Waals surface area contributed by atoms with Crippen LogP contribution in [0.3, 0.4) is 0 Å². The second kappa shape index (κ2) is 5.43. The number of carbonyl (C=O) groups excluding carboxylic acids is 1. The van der Waals surface area contributed by atoms with E-state index in [0.29, 0.717) is 24.2 Å². The molecule has 5 aliphatic carbocycles. The summed E-state index contributed by atoms with van der Waals surface area (Å²) < 4.78 is 0. The molecule has 0 aromatic heterocycles. The van der Waals surface area contributed by atoms with Gasteiger partial charge in [-0.15, -0.1) is 0 Å². The molecule has 0 unspecified atom stereocenters. The molecule has 5 saturated carbocycles. The first-order chi connectivity index (χ1) is 12.6. The molecular weight excluding hydrogens is 320 g/mol. The van der Waals surface area contributed by atoms with Crippen LogP contribution in [-0.2, 0) is 11.2 Å². The van der Waals surface area contributed by atoms with Gasteiger partial charge >= 0.3 is 0 Å². The third kappa shape index (κ3) is 2.13. The van der Waals surface area contributed by atoms with Crippen LogP contribution in [-0.4, -0.2) is 5.78 Å². The molecule has 0 aliphatic heterocycles. The number of hydrogen-bond acceptors (Lipinski definition) is 3. The molecule has 6 rings (SSSR count). The number of benzene rings is 1. The van der Waals surface area contributed by atoms with Crippen LogP contribution in [0.1, 0.15) is 44.1 Å². The quantitative estimate of drug-likeness (QED) is 0.818. The van der Waals surface area contributed by atoms with E-state index in [1.54, 1.807) is 0 Å². The summed E-state index contributed by atoms with van der Waals surface area (Å²) in [6.07, 6.45) is 7.59. The van der Waals surface area contributed by atoms with Gasteiger partial charge in [-0.25, -0.2) is 0 Å². The van der Waals surface area contributed by atoms with Gasteiger partial charge in [-0.05, 0) is 68.3 Å². The molecular formula is C23H24N2O. The summed E-state index contributed by atoms with van der Waals surface area (Å²) in [6, 6.07) is 14.5. The third-order valence-corrected chi connectivity index (χ3v) is 7.88. The predicted molar refractivity (Wildman–Crippen MR) is 96.4 cm³/mol. The normalized spacial score (nSPS) is 41.2. The maximum Gasteiger partial charge on any atom is 0.157 e. The van der Waals surface area contributed by atoms with E-state index < -0.39 is 5.41 Å². The Morgan fingerprint density at radius 3 is 2.00 bits per heavy atom. The Bertz CT molecular complexity index is 779. The van der Waals surface area contributed by atoms with Crippen LogP contribution in [0.15, 0.2) is 30.3 Å². The molecule has 1 aromatic rings. The minimum Gasteiger partial charge on any atom is -0.299 e. The summed E-state index contributed by atoms with van der Waals surface area (Å²) in [5.41, 5.74) is -0.201. The minimum atomic E-state index is -1.10. The largest absolute Gasteiger partial charge is 0.299 e. The van der Waals surface area contributed by atoms with E-state index in [9.17, 15) is 15.3 Å². The highest BCUT2D eigenvalue weighted by Crippen LogP contribution is 2.67. The van der Waals surface area contributed by atoms with Gasteiger partial charge in [0.15, 0.2) is 5.41 Å². The second-order valence-corrected chi connectivity index (χ2v) is 9.43. The lowest BCUT2D eigenvalue weighted by atomic mass is 9.48. The molecule has 2 atom stereocenters. The van der Waals surface area contributed by atoms with Crippen molar-refractivity contribution in [3.8, 4) is 12.1 Å². The van der Waals surface area contributed by atoms with Crippen LogP contribution in [0, 0.1) is 63.1 Å². The Morgan fingerprint density at radius 2 is 1.50 bits per heavy atom. The molecule has 0 saturated heterocycles. The molecule has 26 heavy (non-hydrogen) atoms. The molecule has 1 aromatic carbocycles. The fourth-order valence-electron chi connectivity index (χ4n) is 7.07. The van der Waals surface area contributed by atoms with Crippen molar-refractivity contribution >= 4 is 5.78 Å². The number of carbonyl (C=O) groups is 1. The average Bonchev–Trinajstić information content (AvgIpc) is 3.27. The second-order valence-electron chi connectivity index (χ2n) is 9.43. The monoisotopic (exact) mass is 344 g/mol. The number of hydrogen-bond donors (Lipinski definition) is 0. The number of nitriles is 2. The third-order valence-electron chi connectivity index (χ3n) is 7.88. The Labute approximate surface area is 155 Å². The van der Waals surface area contributed by atoms with E-state index >= 15 is 0 Å². The summed E-state index contributed by atoms with van der Waals surface area (Å²) in [5, 5.41) is 19.6. The van der Waals surface area contributed by atoms with Gasteiger partial charge in [0.05, 0.1) is 18.1 Å². The lowest BCUT2D eigenvalue weighted by molar-refractivity contribution is -0.146. The Kier molecular flexibility index (Phi) is 3.36.